The molecule has 1 fully saturated rings. The fraction of sp³-hybridized carbons (Fsp3) is 0.312. The Morgan fingerprint density at radius 2 is 1.76 bits per heavy atom. The summed E-state index contributed by atoms with van der Waals surface area (Å²) >= 11 is 0. The molecule has 5 rings (SSSR count). The van der Waals surface area contributed by atoms with E-state index < -0.39 is 6.04 Å². The van der Waals surface area contributed by atoms with E-state index in [1.54, 1.807) is 41.5 Å². The lowest BCUT2D eigenvalue weighted by atomic mass is 9.84. The van der Waals surface area contributed by atoms with Crippen LogP contribution < -0.4 is 16.0 Å². The molecule has 2 aromatic carbocycles. The van der Waals surface area contributed by atoms with Gasteiger partial charge in [0.25, 0.3) is 0 Å². The van der Waals surface area contributed by atoms with E-state index in [1.165, 1.54) is 19.3 Å². The minimum atomic E-state index is -0.482. The van der Waals surface area contributed by atoms with Gasteiger partial charge >= 0.3 is 0 Å². The largest absolute Gasteiger partial charge is 0.358 e. The van der Waals surface area contributed by atoms with Gasteiger partial charge in [0, 0.05) is 31.5 Å². The zero-order chi connectivity index (χ0) is 29.1. The molecule has 1 atom stereocenters. The number of nitrogens with one attached hydrogen (secondary N) is 3. The fourth-order valence-electron chi connectivity index (χ4n) is 5.20. The summed E-state index contributed by atoms with van der Waals surface area (Å²) in [6.07, 6.45) is 11.7. The van der Waals surface area contributed by atoms with E-state index in [1.807, 2.05) is 36.4 Å². The Bertz CT molecular complexity index is 1560. The van der Waals surface area contributed by atoms with Gasteiger partial charge in [0.05, 0.1) is 13.1 Å². The highest BCUT2D eigenvalue weighted by Gasteiger charge is 2.25. The highest BCUT2D eigenvalue weighted by atomic mass is 16.2. The zero-order valence-corrected chi connectivity index (χ0v) is 23.3. The first-order valence-corrected chi connectivity index (χ1v) is 14.2. The molecule has 42 heavy (non-hydrogen) atoms. The molecule has 1 amide bonds. The van der Waals surface area contributed by atoms with Crippen molar-refractivity contribution >= 4 is 29.0 Å². The number of carbonyl (C=O) groups is 1. The van der Waals surface area contributed by atoms with Crippen molar-refractivity contribution < 1.29 is 4.79 Å². The number of imidazole rings is 1. The van der Waals surface area contributed by atoms with Crippen molar-refractivity contribution in [2.75, 3.05) is 10.6 Å². The van der Waals surface area contributed by atoms with E-state index in [2.05, 4.69) is 35.6 Å². The first-order valence-electron chi connectivity index (χ1n) is 14.2. The molecule has 4 aromatic rings. The molecule has 0 bridgehead atoms. The summed E-state index contributed by atoms with van der Waals surface area (Å²) in [5.74, 6) is 1.90. The normalized spacial score (nSPS) is 13.9. The van der Waals surface area contributed by atoms with Crippen LogP contribution >= 0.6 is 0 Å². The van der Waals surface area contributed by atoms with Crippen LogP contribution in [0.3, 0.4) is 0 Å². The summed E-state index contributed by atoms with van der Waals surface area (Å²) in [5.41, 5.74) is 3.02. The van der Waals surface area contributed by atoms with E-state index in [-0.39, 0.29) is 5.91 Å². The number of nitrogens with zero attached hydrogens (tertiary/aromatic N) is 6. The van der Waals surface area contributed by atoms with E-state index in [0.717, 1.165) is 24.0 Å². The third-order valence-corrected chi connectivity index (χ3v) is 7.44. The molecular formula is C32H33N9O. The van der Waals surface area contributed by atoms with Gasteiger partial charge in [-0.3, -0.25) is 9.36 Å². The smallest absolute Gasteiger partial charge is 0.242 e. The summed E-state index contributed by atoms with van der Waals surface area (Å²) in [7, 11) is 0. The van der Waals surface area contributed by atoms with Gasteiger partial charge in [0.1, 0.15) is 24.0 Å². The molecule has 2 aromatic heterocycles. The van der Waals surface area contributed by atoms with E-state index in [4.69, 9.17) is 18.1 Å². The Morgan fingerprint density at radius 1 is 0.952 bits per heavy atom. The van der Waals surface area contributed by atoms with Crippen LogP contribution in [0.2, 0.25) is 0 Å². The van der Waals surface area contributed by atoms with Gasteiger partial charge in [-0.25, -0.2) is 14.7 Å². The maximum absolute atomic E-state index is 13.6. The number of aromatic nitrogens is 4. The molecule has 0 radical (unpaired) electrons. The summed E-state index contributed by atoms with van der Waals surface area (Å²) in [6.45, 7) is 15.2. The van der Waals surface area contributed by atoms with Crippen molar-refractivity contribution in [3.05, 3.63) is 107 Å². The van der Waals surface area contributed by atoms with E-state index >= 15 is 0 Å². The quantitative estimate of drug-likeness (QED) is 0.183. The third-order valence-electron chi connectivity index (χ3n) is 7.44. The molecule has 2 heterocycles. The van der Waals surface area contributed by atoms with E-state index in [0.29, 0.717) is 54.4 Å². The summed E-state index contributed by atoms with van der Waals surface area (Å²) in [4.78, 5) is 34.1. The van der Waals surface area contributed by atoms with Crippen molar-refractivity contribution in [2.24, 2.45) is 5.92 Å². The Morgan fingerprint density at radius 3 is 2.50 bits per heavy atom. The second-order valence-electron chi connectivity index (χ2n) is 10.5. The summed E-state index contributed by atoms with van der Waals surface area (Å²) < 4.78 is 1.79. The van der Waals surface area contributed by atoms with Gasteiger partial charge in [-0.1, -0.05) is 80.6 Å². The Hall–Kier alpha value is -5.22. The summed E-state index contributed by atoms with van der Waals surface area (Å²) in [5, 5.41) is 9.78. The second-order valence-corrected chi connectivity index (χ2v) is 10.5. The molecular weight excluding hydrogens is 526 g/mol. The lowest BCUT2D eigenvalue weighted by Crippen LogP contribution is -2.41. The molecule has 10 heteroatoms. The van der Waals surface area contributed by atoms with Gasteiger partial charge in [0.2, 0.25) is 11.9 Å². The maximum Gasteiger partial charge on any atom is 0.242 e. The van der Waals surface area contributed by atoms with Gasteiger partial charge < -0.3 is 16.0 Å². The van der Waals surface area contributed by atoms with Crippen LogP contribution in [0.15, 0.2) is 73.3 Å². The molecule has 1 saturated carbocycles. The molecule has 3 N–H and O–H groups in total. The predicted octanol–water partition coefficient (Wildman–Crippen LogP) is 6.44. The topological polar surface area (TPSA) is 105 Å². The Labute approximate surface area is 245 Å². The molecule has 212 valence electrons. The average molecular weight is 560 g/mol. The van der Waals surface area contributed by atoms with Crippen LogP contribution in [0.1, 0.15) is 49.7 Å². The molecule has 1 aliphatic carbocycles. The standard InChI is InChI=1S/C32H33N9O/c1-33-26-13-11-24(12-14-26)20-36-31(42)28(18-23-7-4-3-5-8-23)38-29-19-30(41-16-15-35-22-41)40-32(39-29)37-21-25-9-6-10-27(17-25)34-2/h6,9-17,19,22-23,28H,3-5,7-8,18,20-21H2,(H,36,42)(H2,37,38,39,40). The van der Waals surface area contributed by atoms with Crippen molar-refractivity contribution in [1.29, 1.82) is 0 Å². The monoisotopic (exact) mass is 559 g/mol. The summed E-state index contributed by atoms with van der Waals surface area (Å²) in [6, 6.07) is 16.0. The molecule has 0 aliphatic heterocycles. The lowest BCUT2D eigenvalue weighted by Gasteiger charge is -2.27. The highest BCUT2D eigenvalue weighted by molar-refractivity contribution is 5.84. The van der Waals surface area contributed by atoms with Crippen LogP contribution in [-0.2, 0) is 17.9 Å². The number of benzene rings is 2. The molecule has 0 saturated heterocycles. The molecule has 10 nitrogen and oxygen atoms in total. The zero-order valence-electron chi connectivity index (χ0n) is 23.3. The second kappa shape index (κ2) is 13.9. The predicted molar refractivity (Wildman–Crippen MR) is 162 cm³/mol. The lowest BCUT2D eigenvalue weighted by molar-refractivity contribution is -0.122. The minimum absolute atomic E-state index is 0.0944. The maximum atomic E-state index is 13.6. The first kappa shape index (κ1) is 28.3. The van der Waals surface area contributed by atoms with E-state index in [9.17, 15) is 4.79 Å². The Balaban J connectivity index is 1.36. The number of amides is 1. The van der Waals surface area contributed by atoms with Crippen LogP contribution in [0.5, 0.6) is 0 Å². The van der Waals surface area contributed by atoms with Crippen LogP contribution in [0, 0.1) is 19.1 Å². The van der Waals surface area contributed by atoms with Crippen molar-refractivity contribution in [2.45, 2.75) is 57.7 Å². The Kier molecular flexibility index (Phi) is 9.38. The van der Waals surface area contributed by atoms with Crippen molar-refractivity contribution in [1.82, 2.24) is 24.8 Å². The van der Waals surface area contributed by atoms with Gasteiger partial charge in [-0.05, 0) is 23.5 Å². The van der Waals surface area contributed by atoms with Gasteiger partial charge in [-0.2, -0.15) is 9.97 Å². The van der Waals surface area contributed by atoms with Crippen molar-refractivity contribution in [3.8, 4) is 5.82 Å². The van der Waals surface area contributed by atoms with Crippen molar-refractivity contribution in [3.63, 3.8) is 0 Å². The minimum Gasteiger partial charge on any atom is -0.358 e. The first-order chi connectivity index (χ1) is 20.6. The molecule has 1 aliphatic rings. The number of hydrogen-bond donors (Lipinski definition) is 3. The third kappa shape index (κ3) is 7.70. The number of rotatable bonds is 11. The number of hydrogen-bond acceptors (Lipinski definition) is 6. The van der Waals surface area contributed by atoms with Gasteiger partial charge in [0.15, 0.2) is 11.4 Å². The molecule has 1 unspecified atom stereocenters. The number of anilines is 2. The van der Waals surface area contributed by atoms with Gasteiger partial charge in [-0.15, -0.1) is 0 Å². The highest BCUT2D eigenvalue weighted by Crippen LogP contribution is 2.29. The SMILES string of the molecule is [C-]#[N+]c1ccc(CNC(=O)C(CC2CCCCC2)Nc2cc(-n3ccnc3)nc(NCc3cccc([N+]#[C-])c3)n2)cc1. The van der Waals surface area contributed by atoms with Crippen LogP contribution in [0.4, 0.5) is 23.1 Å². The fourth-order valence-corrected chi connectivity index (χ4v) is 5.20. The average Bonchev–Trinajstić information content (AvgIpc) is 3.59. The molecule has 0 spiro atoms. The van der Waals surface area contributed by atoms with Crippen LogP contribution in [0.25, 0.3) is 15.5 Å². The van der Waals surface area contributed by atoms with Crippen LogP contribution in [-0.4, -0.2) is 31.5 Å². The number of carbonyl (C=O) groups excluding carboxylic acids is 1.